The molecule has 2 nitrogen and oxygen atoms in total. The normalized spacial score (nSPS) is 12.6. The van der Waals surface area contributed by atoms with Crippen molar-refractivity contribution in [1.29, 1.82) is 0 Å². The molecule has 2 aromatic carbocycles. The number of benzene rings is 2. The van der Waals surface area contributed by atoms with Crippen molar-refractivity contribution in [2.24, 2.45) is 0 Å². The van der Waals surface area contributed by atoms with Crippen LogP contribution in [0.4, 0.5) is 0 Å². The number of hydrogen-bond acceptors (Lipinski definition) is 2. The molecule has 0 aromatic heterocycles. The van der Waals surface area contributed by atoms with Crippen LogP contribution in [0.5, 0.6) is 0 Å². The van der Waals surface area contributed by atoms with E-state index in [1.165, 1.54) is 10.4 Å². The van der Waals surface area contributed by atoms with Crippen molar-refractivity contribution in [3.8, 4) is 0 Å². The van der Waals surface area contributed by atoms with Crippen LogP contribution in [-0.4, -0.2) is 27.5 Å². The van der Waals surface area contributed by atoms with Crippen molar-refractivity contribution in [2.75, 3.05) is 13.2 Å². The summed E-state index contributed by atoms with van der Waals surface area (Å²) in [5, 5.41) is 6.20. The minimum absolute atomic E-state index is 0.0491. The highest BCUT2D eigenvalue weighted by Gasteiger charge is 2.49. The van der Waals surface area contributed by atoms with Crippen LogP contribution in [0.2, 0.25) is 5.04 Å². The highest BCUT2D eigenvalue weighted by molar-refractivity contribution is 6.99. The second-order valence-electron chi connectivity index (χ2n) is 7.62. The minimum atomic E-state index is -2.36. The zero-order valence-electron chi connectivity index (χ0n) is 15.7. The Hall–Kier alpha value is -1.42. The smallest absolute Gasteiger partial charge is 0.261 e. The average molecular weight is 342 g/mol. The molecule has 0 amide bonds. The van der Waals surface area contributed by atoms with Crippen LogP contribution in [0.1, 0.15) is 34.6 Å². The second kappa shape index (κ2) is 8.10. The van der Waals surface area contributed by atoms with E-state index in [2.05, 4.69) is 101 Å². The Morgan fingerprint density at radius 3 is 1.71 bits per heavy atom. The monoisotopic (exact) mass is 341 g/mol. The first-order valence-electron chi connectivity index (χ1n) is 8.86. The van der Waals surface area contributed by atoms with Gasteiger partial charge in [0.05, 0.1) is 0 Å². The van der Waals surface area contributed by atoms with Crippen molar-refractivity contribution in [1.82, 2.24) is 5.32 Å². The van der Waals surface area contributed by atoms with E-state index in [1.807, 2.05) is 0 Å². The van der Waals surface area contributed by atoms with E-state index in [4.69, 9.17) is 4.43 Å². The average Bonchev–Trinajstić information content (AvgIpc) is 2.55. The Kier molecular flexibility index (Phi) is 6.38. The predicted octanol–water partition coefficient (Wildman–Crippen LogP) is 3.56. The van der Waals surface area contributed by atoms with Gasteiger partial charge in [-0.25, -0.2) is 0 Å². The first kappa shape index (κ1) is 18.9. The van der Waals surface area contributed by atoms with Crippen LogP contribution in [-0.2, 0) is 4.43 Å². The van der Waals surface area contributed by atoms with Gasteiger partial charge in [0.25, 0.3) is 8.32 Å². The quantitative estimate of drug-likeness (QED) is 0.614. The molecule has 0 unspecified atom stereocenters. The van der Waals surface area contributed by atoms with E-state index in [-0.39, 0.29) is 5.04 Å². The molecule has 0 heterocycles. The molecule has 0 aliphatic rings. The molecule has 24 heavy (non-hydrogen) atoms. The number of nitrogens with one attached hydrogen (secondary N) is 1. The first-order valence-corrected chi connectivity index (χ1v) is 10.8. The molecule has 2 aromatic rings. The Balaban J connectivity index is 2.45. The maximum Gasteiger partial charge on any atom is 0.261 e. The highest BCUT2D eigenvalue weighted by atomic mass is 28.4. The van der Waals surface area contributed by atoms with Crippen LogP contribution in [0.3, 0.4) is 0 Å². The summed E-state index contributed by atoms with van der Waals surface area (Å²) < 4.78 is 6.79. The summed E-state index contributed by atoms with van der Waals surface area (Å²) in [6.07, 6.45) is 0. The summed E-state index contributed by atoms with van der Waals surface area (Å²) in [6.45, 7) is 12.9. The summed E-state index contributed by atoms with van der Waals surface area (Å²) in [5.41, 5.74) is 0. The second-order valence-corrected chi connectivity index (χ2v) is 11.9. The molecule has 0 radical (unpaired) electrons. The van der Waals surface area contributed by atoms with Gasteiger partial charge >= 0.3 is 0 Å². The molecule has 0 saturated heterocycles. The summed E-state index contributed by atoms with van der Waals surface area (Å²) in [4.78, 5) is 0. The van der Waals surface area contributed by atoms with Crippen molar-refractivity contribution in [2.45, 2.75) is 45.7 Å². The van der Waals surface area contributed by atoms with E-state index in [0.717, 1.165) is 13.2 Å². The predicted molar refractivity (Wildman–Crippen MR) is 107 cm³/mol. The van der Waals surface area contributed by atoms with Gasteiger partial charge in [0.1, 0.15) is 0 Å². The molecule has 0 fully saturated rings. The Bertz CT molecular complexity index is 565. The molecule has 0 bridgehead atoms. The molecule has 0 spiro atoms. The van der Waals surface area contributed by atoms with Gasteiger partial charge in [0.15, 0.2) is 0 Å². The van der Waals surface area contributed by atoms with Crippen LogP contribution >= 0.6 is 0 Å². The van der Waals surface area contributed by atoms with Gasteiger partial charge < -0.3 is 9.74 Å². The zero-order chi connectivity index (χ0) is 17.6. The lowest BCUT2D eigenvalue weighted by molar-refractivity contribution is 0.291. The van der Waals surface area contributed by atoms with Crippen molar-refractivity contribution < 1.29 is 4.43 Å². The topological polar surface area (TPSA) is 21.3 Å². The molecule has 0 aliphatic carbocycles. The maximum absolute atomic E-state index is 6.79. The van der Waals surface area contributed by atoms with Crippen LogP contribution in [0.25, 0.3) is 0 Å². The van der Waals surface area contributed by atoms with Crippen molar-refractivity contribution >= 4 is 18.7 Å². The van der Waals surface area contributed by atoms with Crippen LogP contribution in [0.15, 0.2) is 60.7 Å². The lowest BCUT2D eigenvalue weighted by Crippen LogP contribution is -2.67. The van der Waals surface area contributed by atoms with Gasteiger partial charge in [0, 0.05) is 19.2 Å². The molecule has 130 valence electrons. The molecule has 0 atom stereocenters. The molecular formula is C21H31NOSi. The van der Waals surface area contributed by atoms with Gasteiger partial charge in [-0.3, -0.25) is 0 Å². The third kappa shape index (κ3) is 4.15. The third-order valence-electron chi connectivity index (χ3n) is 4.39. The number of hydrogen-bond donors (Lipinski definition) is 1. The highest BCUT2D eigenvalue weighted by Crippen LogP contribution is 2.36. The molecule has 2 rings (SSSR count). The van der Waals surface area contributed by atoms with Gasteiger partial charge in [0.2, 0.25) is 0 Å². The summed E-state index contributed by atoms with van der Waals surface area (Å²) in [5.74, 6) is 0. The van der Waals surface area contributed by atoms with Crippen LogP contribution in [0, 0.1) is 0 Å². The molecule has 0 aliphatic heterocycles. The fourth-order valence-electron chi connectivity index (χ4n) is 3.31. The van der Waals surface area contributed by atoms with E-state index in [0.29, 0.717) is 6.04 Å². The van der Waals surface area contributed by atoms with Gasteiger partial charge in [-0.05, 0) is 15.4 Å². The number of rotatable bonds is 7. The zero-order valence-corrected chi connectivity index (χ0v) is 16.7. The molecular weight excluding hydrogens is 310 g/mol. The fraction of sp³-hybridized carbons (Fsp3) is 0.429. The van der Waals surface area contributed by atoms with Crippen molar-refractivity contribution in [3.05, 3.63) is 60.7 Å². The van der Waals surface area contributed by atoms with E-state index >= 15 is 0 Å². The van der Waals surface area contributed by atoms with E-state index in [9.17, 15) is 0 Å². The Morgan fingerprint density at radius 2 is 1.33 bits per heavy atom. The maximum atomic E-state index is 6.79. The summed E-state index contributed by atoms with van der Waals surface area (Å²) >= 11 is 0. The largest absolute Gasteiger partial charge is 0.406 e. The van der Waals surface area contributed by atoms with E-state index < -0.39 is 8.32 Å². The first-order chi connectivity index (χ1) is 11.4. The lowest BCUT2D eigenvalue weighted by atomic mass is 10.2. The lowest BCUT2D eigenvalue weighted by Gasteiger charge is -2.43. The summed E-state index contributed by atoms with van der Waals surface area (Å²) in [7, 11) is -2.36. The summed E-state index contributed by atoms with van der Waals surface area (Å²) in [6, 6.07) is 22.1. The fourth-order valence-corrected chi connectivity index (χ4v) is 7.88. The van der Waals surface area contributed by atoms with Gasteiger partial charge in [-0.2, -0.15) is 0 Å². The minimum Gasteiger partial charge on any atom is -0.406 e. The van der Waals surface area contributed by atoms with Gasteiger partial charge in [-0.1, -0.05) is 95.3 Å². The third-order valence-corrected chi connectivity index (χ3v) is 9.43. The SMILES string of the molecule is CC(C)NCCO[Si](c1ccccc1)(c1ccccc1)C(C)(C)C. The molecule has 3 heteroatoms. The van der Waals surface area contributed by atoms with Gasteiger partial charge in [-0.15, -0.1) is 0 Å². The van der Waals surface area contributed by atoms with Crippen LogP contribution < -0.4 is 15.7 Å². The van der Waals surface area contributed by atoms with Crippen molar-refractivity contribution in [3.63, 3.8) is 0 Å². The Morgan fingerprint density at radius 1 is 0.875 bits per heavy atom. The Labute approximate surface area is 148 Å². The molecule has 0 saturated carbocycles. The van der Waals surface area contributed by atoms with E-state index in [1.54, 1.807) is 0 Å². The standard InChI is InChI=1S/C21H31NOSi/c1-18(2)22-16-17-23-24(21(3,4)5,19-12-8-6-9-13-19)20-14-10-7-11-15-20/h6-15,18,22H,16-17H2,1-5H3. The molecule has 1 N–H and O–H groups in total.